The van der Waals surface area contributed by atoms with Gasteiger partial charge in [-0.3, -0.25) is 52.7 Å². The van der Waals surface area contributed by atoms with Crippen LogP contribution in [0.2, 0.25) is 0 Å². The summed E-state index contributed by atoms with van der Waals surface area (Å²) in [6, 6.07) is -12.4. The summed E-state index contributed by atoms with van der Waals surface area (Å²) in [6.07, 6.45) is 2.88. The molecule has 1 saturated heterocycles. The van der Waals surface area contributed by atoms with Gasteiger partial charge in [0.05, 0.1) is 12.6 Å². The molecule has 11 amide bonds. The van der Waals surface area contributed by atoms with E-state index >= 15 is 9.59 Å². The van der Waals surface area contributed by atoms with Crippen LogP contribution in [0.15, 0.2) is 12.2 Å². The van der Waals surface area contributed by atoms with Crippen LogP contribution in [0.3, 0.4) is 0 Å². The first-order valence-electron chi connectivity index (χ1n) is 30.1. The molecule has 0 radical (unpaired) electrons. The molecule has 1 aliphatic rings. The standard InChI is InChI=1S/C61H109N11O12/c1-25-27-28-39(15)51(74)50-55(78)64-42(26-2)57(80)66(18)32-46(73)70(22)48(37(11)12)54(77)65-47(36(9)10)60(83)67(19)43(29-33(3)4)53(76)62-40(16)52(75)63-41(17)56(79)68(20)44(30-34(5)6)58(81)69(21)45(31-35(7)8)59(82)71(23)49(38(13)14)61(84)72(50)24/h25,27,33-45,47-51,74H,26,28-32H2,1-24H3,(H,62,76)(H,63,75)(H,64,78)(H,65,77)/b27-25+/t39-,40+,41-,42+,43+,44-,45+,47+,48+,49+,50?,51-/m1/s1. The molecule has 84 heavy (non-hydrogen) atoms. The lowest BCUT2D eigenvalue weighted by Crippen LogP contribution is -2.63. The van der Waals surface area contributed by atoms with Gasteiger partial charge in [-0.25, -0.2) is 0 Å². The Morgan fingerprint density at radius 2 is 0.893 bits per heavy atom. The number of nitrogens with one attached hydrogen (secondary N) is 4. The van der Waals surface area contributed by atoms with E-state index in [4.69, 9.17) is 0 Å². The highest BCUT2D eigenvalue weighted by atomic mass is 16.3. The molecule has 1 heterocycles. The Hall–Kier alpha value is -6.13. The molecule has 0 aromatic rings. The van der Waals surface area contributed by atoms with Crippen molar-refractivity contribution in [1.82, 2.24) is 55.6 Å². The summed E-state index contributed by atoms with van der Waals surface area (Å²) in [5.74, 6) is -10.1. The van der Waals surface area contributed by atoms with Crippen LogP contribution in [0.25, 0.3) is 0 Å². The van der Waals surface area contributed by atoms with Crippen LogP contribution in [-0.4, -0.2) is 227 Å². The van der Waals surface area contributed by atoms with Crippen LogP contribution >= 0.6 is 0 Å². The van der Waals surface area contributed by atoms with E-state index in [-0.39, 0.29) is 43.4 Å². The second-order valence-electron chi connectivity index (χ2n) is 25.6. The van der Waals surface area contributed by atoms with E-state index < -0.39 is 162 Å². The molecule has 0 aliphatic carbocycles. The van der Waals surface area contributed by atoms with Crippen molar-refractivity contribution in [3.05, 3.63) is 12.2 Å². The lowest BCUT2D eigenvalue weighted by atomic mass is 9.91. The van der Waals surface area contributed by atoms with Crippen LogP contribution in [0.5, 0.6) is 0 Å². The van der Waals surface area contributed by atoms with Crippen LogP contribution in [0.4, 0.5) is 0 Å². The van der Waals surface area contributed by atoms with E-state index in [1.165, 1.54) is 87.7 Å². The van der Waals surface area contributed by atoms with Gasteiger partial charge in [0.1, 0.15) is 60.4 Å². The average Bonchev–Trinajstić information content (AvgIpc) is 3.42. The lowest BCUT2D eigenvalue weighted by molar-refractivity contribution is -0.157. The molecule has 480 valence electrons. The molecule has 1 rings (SSSR count). The third-order valence-electron chi connectivity index (χ3n) is 15.9. The number of allylic oxidation sites excluding steroid dienone is 2. The first-order valence-corrected chi connectivity index (χ1v) is 30.1. The average molecular weight is 1190 g/mol. The summed E-state index contributed by atoms with van der Waals surface area (Å²) >= 11 is 0. The Bertz CT molecular complexity index is 2310. The monoisotopic (exact) mass is 1190 g/mol. The fourth-order valence-corrected chi connectivity index (χ4v) is 10.7. The zero-order chi connectivity index (χ0) is 65.3. The minimum atomic E-state index is -1.61. The molecule has 5 N–H and O–H groups in total. The molecule has 0 saturated carbocycles. The second kappa shape index (κ2) is 34.1. The Morgan fingerprint density at radius 3 is 1.35 bits per heavy atom. The number of hydrogen-bond acceptors (Lipinski definition) is 12. The van der Waals surface area contributed by atoms with Crippen molar-refractivity contribution in [2.45, 2.75) is 216 Å². The highest BCUT2D eigenvalue weighted by Crippen LogP contribution is 2.25. The highest BCUT2D eigenvalue weighted by molar-refractivity contribution is 5.99. The number of aliphatic hydroxyl groups is 1. The molecule has 1 aliphatic heterocycles. The van der Waals surface area contributed by atoms with Crippen LogP contribution in [0.1, 0.15) is 150 Å². The minimum Gasteiger partial charge on any atom is -0.390 e. The molecular weight excluding hydrogens is 1080 g/mol. The van der Waals surface area contributed by atoms with Crippen molar-refractivity contribution in [2.24, 2.45) is 41.4 Å². The molecule has 1 unspecified atom stereocenters. The van der Waals surface area contributed by atoms with Crippen molar-refractivity contribution in [2.75, 3.05) is 55.9 Å². The summed E-state index contributed by atoms with van der Waals surface area (Å²) in [6.45, 7) is 29.0. The molecule has 0 spiro atoms. The number of rotatable bonds is 14. The maximum absolute atomic E-state index is 15.1. The van der Waals surface area contributed by atoms with Gasteiger partial charge in [0.15, 0.2) is 0 Å². The Balaban J connectivity index is 4.30. The molecular formula is C61H109N11O12. The maximum Gasteiger partial charge on any atom is 0.246 e. The SMILES string of the molecule is C/C=C/C[C@@H](C)[C@@H](O)C1C(=O)N[C@@H](CC)C(=O)N(C)CC(=O)N(C)[C@@H](C(C)C)C(=O)N[C@@H](C(C)C)C(=O)N(C)[C@@H](CC(C)C)C(=O)N[C@@H](C)C(=O)N[C@H](C)C(=O)N(C)[C@H](CC(C)C)C(=O)N(C)[C@@H](CC(C)C)C(=O)N(C)[C@@H](C(C)C)C(=O)N1C. The summed E-state index contributed by atoms with van der Waals surface area (Å²) in [5.41, 5.74) is 0. The third-order valence-corrected chi connectivity index (χ3v) is 15.9. The summed E-state index contributed by atoms with van der Waals surface area (Å²) in [7, 11) is 9.88. The van der Waals surface area contributed by atoms with Gasteiger partial charge in [0, 0.05) is 49.3 Å². The van der Waals surface area contributed by atoms with Crippen molar-refractivity contribution in [3.8, 4) is 0 Å². The fraction of sp³-hybridized carbons (Fsp3) is 0.787. The van der Waals surface area contributed by atoms with E-state index in [2.05, 4.69) is 21.3 Å². The van der Waals surface area contributed by atoms with Gasteiger partial charge in [-0.15, -0.1) is 0 Å². The normalized spacial score (nSPS) is 27.1. The third kappa shape index (κ3) is 20.5. The summed E-state index contributed by atoms with van der Waals surface area (Å²) in [5, 5.41) is 23.0. The van der Waals surface area contributed by atoms with Gasteiger partial charge in [-0.1, -0.05) is 109 Å². The molecule has 23 nitrogen and oxygen atoms in total. The zero-order valence-corrected chi connectivity index (χ0v) is 55.4. The molecule has 0 bridgehead atoms. The Morgan fingerprint density at radius 1 is 0.464 bits per heavy atom. The van der Waals surface area contributed by atoms with Gasteiger partial charge < -0.3 is 60.7 Å². The number of carbonyl (C=O) groups excluding carboxylic acids is 11. The quantitative estimate of drug-likeness (QED) is 0.157. The number of nitrogens with zero attached hydrogens (tertiary/aromatic N) is 7. The van der Waals surface area contributed by atoms with Gasteiger partial charge >= 0.3 is 0 Å². The predicted molar refractivity (Wildman–Crippen MR) is 324 cm³/mol. The minimum absolute atomic E-state index is 0.0215. The molecule has 12 atom stereocenters. The van der Waals surface area contributed by atoms with Crippen LogP contribution in [-0.2, 0) is 52.7 Å². The first-order chi connectivity index (χ1) is 38.7. The maximum atomic E-state index is 15.1. The van der Waals surface area contributed by atoms with Gasteiger partial charge in [0.2, 0.25) is 65.0 Å². The van der Waals surface area contributed by atoms with Gasteiger partial charge in [0.25, 0.3) is 0 Å². The smallest absolute Gasteiger partial charge is 0.246 e. The Labute approximate surface area is 502 Å². The number of aliphatic hydroxyl groups excluding tert-OH is 1. The van der Waals surface area contributed by atoms with Crippen LogP contribution < -0.4 is 21.3 Å². The highest BCUT2D eigenvalue weighted by Gasteiger charge is 2.46. The van der Waals surface area contributed by atoms with Crippen molar-refractivity contribution in [1.29, 1.82) is 0 Å². The zero-order valence-electron chi connectivity index (χ0n) is 55.4. The summed E-state index contributed by atoms with van der Waals surface area (Å²) in [4.78, 5) is 168. The molecule has 0 aromatic heterocycles. The predicted octanol–water partition coefficient (Wildman–Crippen LogP) is 2.88. The summed E-state index contributed by atoms with van der Waals surface area (Å²) < 4.78 is 0. The lowest BCUT2D eigenvalue weighted by Gasteiger charge is -2.41. The largest absolute Gasteiger partial charge is 0.390 e. The second-order valence-corrected chi connectivity index (χ2v) is 25.6. The van der Waals surface area contributed by atoms with Gasteiger partial charge in [-0.2, -0.15) is 0 Å². The van der Waals surface area contributed by atoms with E-state index in [0.29, 0.717) is 6.42 Å². The molecule has 0 aromatic carbocycles. The fourth-order valence-electron chi connectivity index (χ4n) is 10.7. The van der Waals surface area contributed by atoms with E-state index in [0.717, 1.165) is 9.80 Å². The van der Waals surface area contributed by atoms with Gasteiger partial charge in [-0.05, 0) is 94.3 Å². The number of carbonyl (C=O) groups is 11. The topological polar surface area (TPSA) is 279 Å². The number of amides is 11. The van der Waals surface area contributed by atoms with E-state index in [1.54, 1.807) is 74.5 Å². The molecule has 1 fully saturated rings. The van der Waals surface area contributed by atoms with Crippen LogP contribution in [0, 0.1) is 41.4 Å². The van der Waals surface area contributed by atoms with E-state index in [1.807, 2.05) is 41.5 Å². The first kappa shape index (κ1) is 75.9. The van der Waals surface area contributed by atoms with Crippen molar-refractivity contribution < 1.29 is 57.8 Å². The number of likely N-dealkylation sites (N-methyl/N-ethyl adjacent to an activating group) is 7. The Kier molecular flexibility index (Phi) is 30.8. The van der Waals surface area contributed by atoms with E-state index in [9.17, 15) is 48.3 Å². The molecule has 23 heteroatoms. The number of hydrogen-bond donors (Lipinski definition) is 5. The van der Waals surface area contributed by atoms with Crippen molar-refractivity contribution >= 4 is 65.0 Å². The van der Waals surface area contributed by atoms with Crippen molar-refractivity contribution in [3.63, 3.8) is 0 Å².